The lowest BCUT2D eigenvalue weighted by molar-refractivity contribution is -0.384. The molecule has 0 aliphatic rings. The van der Waals surface area contributed by atoms with Gasteiger partial charge in [0.05, 0.1) is 17.1 Å². The van der Waals surface area contributed by atoms with Gasteiger partial charge in [-0.3, -0.25) is 10.1 Å². The Kier molecular flexibility index (Phi) is 8.01. The van der Waals surface area contributed by atoms with Crippen LogP contribution in [0, 0.1) is 10.1 Å². The number of carbonyl (C=O) groups is 1. The van der Waals surface area contributed by atoms with Gasteiger partial charge in [-0.05, 0) is 32.0 Å². The highest BCUT2D eigenvalue weighted by Crippen LogP contribution is 2.31. The van der Waals surface area contributed by atoms with Crippen molar-refractivity contribution in [3.05, 3.63) is 52.3 Å². The van der Waals surface area contributed by atoms with Crippen LogP contribution in [0.2, 0.25) is 0 Å². The lowest BCUT2D eigenvalue weighted by Crippen LogP contribution is -2.12. The minimum absolute atomic E-state index is 0.0996. The average molecular weight is 361 g/mol. The van der Waals surface area contributed by atoms with Gasteiger partial charge in [0, 0.05) is 19.3 Å². The lowest BCUT2D eigenvalue weighted by atomic mass is 10.2. The SMILES string of the molecule is CC.CNc1ccc(Oc2ccnc(C(=O)OC(C)C)c2)cc1[N+](=O)[O-]. The number of carbonyl (C=O) groups excluding carboxylic acids is 1. The zero-order valence-electron chi connectivity index (χ0n) is 15.5. The molecule has 1 heterocycles. The molecule has 0 aliphatic carbocycles. The number of esters is 1. The van der Waals surface area contributed by atoms with E-state index in [0.717, 1.165) is 0 Å². The first-order chi connectivity index (χ1) is 12.4. The fourth-order valence-electron chi connectivity index (χ4n) is 1.93. The third-order valence-electron chi connectivity index (χ3n) is 2.95. The molecule has 140 valence electrons. The Labute approximate surface area is 152 Å². The van der Waals surface area contributed by atoms with Gasteiger partial charge in [-0.2, -0.15) is 0 Å². The molecule has 0 atom stereocenters. The van der Waals surface area contributed by atoms with Crippen LogP contribution in [0.1, 0.15) is 38.2 Å². The molecule has 8 heteroatoms. The molecule has 0 radical (unpaired) electrons. The number of ether oxygens (including phenoxy) is 2. The van der Waals surface area contributed by atoms with Crippen LogP contribution in [0.5, 0.6) is 11.5 Å². The van der Waals surface area contributed by atoms with Crippen LogP contribution in [0.3, 0.4) is 0 Å². The maximum atomic E-state index is 11.8. The minimum Gasteiger partial charge on any atom is -0.458 e. The van der Waals surface area contributed by atoms with Crippen molar-refractivity contribution in [3.63, 3.8) is 0 Å². The number of aromatic nitrogens is 1. The summed E-state index contributed by atoms with van der Waals surface area (Å²) in [6, 6.07) is 7.40. The van der Waals surface area contributed by atoms with E-state index in [1.165, 1.54) is 18.3 Å². The topological polar surface area (TPSA) is 104 Å². The van der Waals surface area contributed by atoms with Crippen molar-refractivity contribution in [3.8, 4) is 11.5 Å². The van der Waals surface area contributed by atoms with Crippen LogP contribution in [0.15, 0.2) is 36.5 Å². The molecular weight excluding hydrogens is 338 g/mol. The van der Waals surface area contributed by atoms with Gasteiger partial charge < -0.3 is 14.8 Å². The molecular formula is C18H23N3O5. The van der Waals surface area contributed by atoms with Crippen molar-refractivity contribution in [2.24, 2.45) is 0 Å². The molecule has 8 nitrogen and oxygen atoms in total. The molecule has 0 aliphatic heterocycles. The van der Waals surface area contributed by atoms with Crippen LogP contribution in [0.25, 0.3) is 0 Å². The van der Waals surface area contributed by atoms with Gasteiger partial charge in [0.2, 0.25) is 0 Å². The molecule has 0 spiro atoms. The number of nitrogens with zero attached hydrogens (tertiary/aromatic N) is 2. The van der Waals surface area contributed by atoms with E-state index in [0.29, 0.717) is 11.4 Å². The molecule has 26 heavy (non-hydrogen) atoms. The Balaban J connectivity index is 0.00000163. The van der Waals surface area contributed by atoms with E-state index in [1.807, 2.05) is 13.8 Å². The number of nitro benzene ring substituents is 1. The smallest absolute Gasteiger partial charge is 0.357 e. The zero-order valence-corrected chi connectivity index (χ0v) is 15.5. The summed E-state index contributed by atoms with van der Waals surface area (Å²) < 4.78 is 10.7. The first kappa shape index (κ1) is 20.9. The second kappa shape index (κ2) is 9.97. The maximum Gasteiger partial charge on any atom is 0.357 e. The molecule has 2 rings (SSSR count). The van der Waals surface area contributed by atoms with E-state index in [1.54, 1.807) is 39.1 Å². The average Bonchev–Trinajstić information content (AvgIpc) is 2.63. The number of benzene rings is 1. The quantitative estimate of drug-likeness (QED) is 0.461. The molecule has 1 aromatic heterocycles. The summed E-state index contributed by atoms with van der Waals surface area (Å²) >= 11 is 0. The number of hydrogen-bond donors (Lipinski definition) is 1. The molecule has 0 saturated carbocycles. The van der Waals surface area contributed by atoms with Gasteiger partial charge in [0.1, 0.15) is 17.2 Å². The van der Waals surface area contributed by atoms with E-state index in [-0.39, 0.29) is 23.2 Å². The zero-order chi connectivity index (χ0) is 19.7. The molecule has 0 bridgehead atoms. The number of pyridine rings is 1. The Morgan fingerprint density at radius 3 is 2.42 bits per heavy atom. The van der Waals surface area contributed by atoms with Gasteiger partial charge >= 0.3 is 5.97 Å². The second-order valence-electron chi connectivity index (χ2n) is 5.12. The number of anilines is 1. The first-order valence-electron chi connectivity index (χ1n) is 8.21. The first-order valence-corrected chi connectivity index (χ1v) is 8.21. The largest absolute Gasteiger partial charge is 0.458 e. The summed E-state index contributed by atoms with van der Waals surface area (Å²) in [5, 5.41) is 13.8. The summed E-state index contributed by atoms with van der Waals surface area (Å²) in [6.45, 7) is 7.47. The van der Waals surface area contributed by atoms with E-state index >= 15 is 0 Å². The molecule has 2 aromatic rings. The molecule has 1 aromatic carbocycles. The summed E-state index contributed by atoms with van der Waals surface area (Å²) in [7, 11) is 1.60. The molecule has 0 saturated heterocycles. The highest BCUT2D eigenvalue weighted by Gasteiger charge is 2.16. The highest BCUT2D eigenvalue weighted by atomic mass is 16.6. The van der Waals surface area contributed by atoms with E-state index in [2.05, 4.69) is 10.3 Å². The Hall–Kier alpha value is -3.16. The third kappa shape index (κ3) is 5.73. The van der Waals surface area contributed by atoms with Gasteiger partial charge in [-0.1, -0.05) is 13.8 Å². The van der Waals surface area contributed by atoms with E-state index < -0.39 is 10.9 Å². The summed E-state index contributed by atoms with van der Waals surface area (Å²) in [6.07, 6.45) is 1.14. The highest BCUT2D eigenvalue weighted by molar-refractivity contribution is 5.87. The van der Waals surface area contributed by atoms with Gasteiger partial charge in [-0.15, -0.1) is 0 Å². The van der Waals surface area contributed by atoms with Crippen molar-refractivity contribution in [2.75, 3.05) is 12.4 Å². The van der Waals surface area contributed by atoms with Crippen molar-refractivity contribution < 1.29 is 19.2 Å². The van der Waals surface area contributed by atoms with Crippen molar-refractivity contribution >= 4 is 17.3 Å². The number of hydrogen-bond acceptors (Lipinski definition) is 7. The van der Waals surface area contributed by atoms with Crippen molar-refractivity contribution in [1.82, 2.24) is 4.98 Å². The van der Waals surface area contributed by atoms with Crippen LogP contribution in [0.4, 0.5) is 11.4 Å². The number of nitrogens with one attached hydrogen (secondary N) is 1. The molecule has 0 fully saturated rings. The van der Waals surface area contributed by atoms with Crippen LogP contribution in [-0.4, -0.2) is 29.0 Å². The van der Waals surface area contributed by atoms with Gasteiger partial charge in [0.15, 0.2) is 5.69 Å². The third-order valence-corrected chi connectivity index (χ3v) is 2.95. The Bertz CT molecular complexity index is 762. The molecule has 0 unspecified atom stereocenters. The van der Waals surface area contributed by atoms with E-state index in [4.69, 9.17) is 9.47 Å². The van der Waals surface area contributed by atoms with Crippen molar-refractivity contribution in [2.45, 2.75) is 33.8 Å². The van der Waals surface area contributed by atoms with Crippen LogP contribution >= 0.6 is 0 Å². The fourth-order valence-corrected chi connectivity index (χ4v) is 1.93. The summed E-state index contributed by atoms with van der Waals surface area (Å²) in [4.78, 5) is 26.4. The minimum atomic E-state index is -0.563. The predicted octanol–water partition coefficient (Wildman–Crippen LogP) is 4.42. The van der Waals surface area contributed by atoms with Crippen LogP contribution in [-0.2, 0) is 4.74 Å². The van der Waals surface area contributed by atoms with Crippen molar-refractivity contribution in [1.29, 1.82) is 0 Å². The Morgan fingerprint density at radius 2 is 1.85 bits per heavy atom. The normalized spacial score (nSPS) is 9.77. The molecule has 1 N–H and O–H groups in total. The monoisotopic (exact) mass is 361 g/mol. The van der Waals surface area contributed by atoms with E-state index in [9.17, 15) is 14.9 Å². The standard InChI is InChI=1S/C16H17N3O5.C2H6/c1-10(2)23-16(20)14-8-12(6-7-18-14)24-11-4-5-13(17-3)15(9-11)19(21)22;1-2/h4-10,17H,1-3H3;1-2H3. The molecule has 0 amide bonds. The lowest BCUT2D eigenvalue weighted by Gasteiger charge is -2.10. The number of nitro groups is 1. The summed E-state index contributed by atoms with van der Waals surface area (Å²) in [5.74, 6) is 0.0363. The van der Waals surface area contributed by atoms with Gasteiger partial charge in [-0.25, -0.2) is 9.78 Å². The van der Waals surface area contributed by atoms with Gasteiger partial charge in [0.25, 0.3) is 5.69 Å². The van der Waals surface area contributed by atoms with Crippen LogP contribution < -0.4 is 10.1 Å². The summed E-state index contributed by atoms with van der Waals surface area (Å²) in [5.41, 5.74) is 0.370. The predicted molar refractivity (Wildman–Crippen MR) is 98.9 cm³/mol. The number of rotatable bonds is 6. The Morgan fingerprint density at radius 1 is 1.19 bits per heavy atom. The second-order valence-corrected chi connectivity index (χ2v) is 5.12. The maximum absolute atomic E-state index is 11.8. The fraction of sp³-hybridized carbons (Fsp3) is 0.333.